The van der Waals surface area contributed by atoms with E-state index in [0.717, 1.165) is 27.9 Å². The zero-order valence-corrected chi connectivity index (χ0v) is 14.4. The van der Waals surface area contributed by atoms with Crippen LogP contribution in [0.15, 0.2) is 41.8 Å². The lowest BCUT2D eigenvalue weighted by molar-refractivity contribution is -0.116. The summed E-state index contributed by atoms with van der Waals surface area (Å²) in [6, 6.07) is 11.4. The van der Waals surface area contributed by atoms with E-state index in [1.807, 2.05) is 42.6 Å². The summed E-state index contributed by atoms with van der Waals surface area (Å²) in [6.45, 7) is 2.11. The molecule has 0 spiro atoms. The molecular weight excluding hydrogens is 324 g/mol. The average molecular weight is 342 g/mol. The molecule has 0 radical (unpaired) electrons. The van der Waals surface area contributed by atoms with Crippen LogP contribution in [0.2, 0.25) is 0 Å². The SMILES string of the molecule is CCc1ccccc1NC(=O)Cn1c(C(=O)OC)cc2ccsc21. The molecular formula is C18H18N2O3S. The van der Waals surface area contributed by atoms with Crippen LogP contribution >= 0.6 is 11.3 Å². The normalized spacial score (nSPS) is 10.8. The predicted molar refractivity (Wildman–Crippen MR) is 95.6 cm³/mol. The molecule has 0 saturated carbocycles. The van der Waals surface area contributed by atoms with Crippen LogP contribution in [-0.4, -0.2) is 23.6 Å². The van der Waals surface area contributed by atoms with E-state index < -0.39 is 5.97 Å². The van der Waals surface area contributed by atoms with Crippen molar-refractivity contribution in [3.05, 3.63) is 53.0 Å². The molecule has 0 aliphatic heterocycles. The number of nitrogens with one attached hydrogen (secondary N) is 1. The highest BCUT2D eigenvalue weighted by Gasteiger charge is 2.19. The van der Waals surface area contributed by atoms with Gasteiger partial charge < -0.3 is 14.6 Å². The van der Waals surface area contributed by atoms with Gasteiger partial charge in [-0.25, -0.2) is 4.79 Å². The second-order valence-electron chi connectivity index (χ2n) is 5.35. The third-order valence-corrected chi connectivity index (χ3v) is 4.82. The van der Waals surface area contributed by atoms with Gasteiger partial charge >= 0.3 is 5.97 Å². The van der Waals surface area contributed by atoms with E-state index in [2.05, 4.69) is 5.32 Å². The number of nitrogens with zero attached hydrogens (tertiary/aromatic N) is 1. The van der Waals surface area contributed by atoms with Crippen molar-refractivity contribution in [3.8, 4) is 0 Å². The van der Waals surface area contributed by atoms with E-state index in [1.54, 1.807) is 10.6 Å². The third-order valence-electron chi connectivity index (χ3n) is 3.87. The molecule has 3 aromatic rings. The fourth-order valence-electron chi connectivity index (χ4n) is 2.69. The Balaban J connectivity index is 1.87. The Kier molecular flexibility index (Phi) is 4.66. The maximum absolute atomic E-state index is 12.5. The summed E-state index contributed by atoms with van der Waals surface area (Å²) >= 11 is 1.49. The van der Waals surface area contributed by atoms with Crippen LogP contribution in [-0.2, 0) is 22.5 Å². The lowest BCUT2D eigenvalue weighted by atomic mass is 10.1. The molecule has 0 saturated heterocycles. The lowest BCUT2D eigenvalue weighted by Gasteiger charge is -2.12. The van der Waals surface area contributed by atoms with Gasteiger partial charge in [-0.3, -0.25) is 4.79 Å². The van der Waals surface area contributed by atoms with Crippen molar-refractivity contribution in [3.63, 3.8) is 0 Å². The smallest absolute Gasteiger partial charge is 0.354 e. The van der Waals surface area contributed by atoms with Crippen molar-refractivity contribution in [2.45, 2.75) is 19.9 Å². The molecule has 0 aliphatic rings. The molecule has 24 heavy (non-hydrogen) atoms. The highest BCUT2D eigenvalue weighted by Crippen LogP contribution is 2.26. The molecule has 0 fully saturated rings. The van der Waals surface area contributed by atoms with Crippen LogP contribution in [0.3, 0.4) is 0 Å². The van der Waals surface area contributed by atoms with Gasteiger partial charge in [0.05, 0.1) is 7.11 Å². The summed E-state index contributed by atoms with van der Waals surface area (Å²) in [5.41, 5.74) is 2.27. The summed E-state index contributed by atoms with van der Waals surface area (Å²) in [6.07, 6.45) is 0.836. The summed E-state index contributed by atoms with van der Waals surface area (Å²) in [5.74, 6) is -0.618. The number of thiophene rings is 1. The number of aryl methyl sites for hydroxylation is 1. The zero-order chi connectivity index (χ0) is 17.1. The van der Waals surface area contributed by atoms with Gasteiger partial charge in [-0.05, 0) is 35.6 Å². The van der Waals surface area contributed by atoms with Crippen molar-refractivity contribution < 1.29 is 14.3 Å². The van der Waals surface area contributed by atoms with Crippen molar-refractivity contribution >= 4 is 39.1 Å². The van der Waals surface area contributed by atoms with Crippen LogP contribution in [0.25, 0.3) is 10.2 Å². The van der Waals surface area contributed by atoms with Crippen LogP contribution < -0.4 is 5.32 Å². The Bertz CT molecular complexity index is 895. The van der Waals surface area contributed by atoms with Gasteiger partial charge in [-0.1, -0.05) is 25.1 Å². The molecule has 0 aliphatic carbocycles. The molecule has 2 aromatic heterocycles. The van der Waals surface area contributed by atoms with Crippen LogP contribution in [0.4, 0.5) is 5.69 Å². The molecule has 0 bridgehead atoms. The third kappa shape index (κ3) is 3.05. The van der Waals surface area contributed by atoms with Gasteiger partial charge in [0.15, 0.2) is 0 Å². The number of hydrogen-bond acceptors (Lipinski definition) is 4. The minimum absolute atomic E-state index is 0.0620. The first kappa shape index (κ1) is 16.3. The molecule has 3 rings (SSSR count). The van der Waals surface area contributed by atoms with Crippen LogP contribution in [0, 0.1) is 0 Å². The zero-order valence-electron chi connectivity index (χ0n) is 13.5. The number of amides is 1. The van der Waals surface area contributed by atoms with Gasteiger partial charge in [0.2, 0.25) is 5.91 Å². The number of para-hydroxylation sites is 1. The molecule has 0 atom stereocenters. The number of ether oxygens (including phenoxy) is 1. The number of aromatic nitrogens is 1. The molecule has 1 N–H and O–H groups in total. The van der Waals surface area contributed by atoms with E-state index in [4.69, 9.17) is 4.74 Å². The number of benzene rings is 1. The minimum atomic E-state index is -0.444. The quantitative estimate of drug-likeness (QED) is 0.719. The van der Waals surface area contributed by atoms with Gasteiger partial charge in [0.1, 0.15) is 17.1 Å². The molecule has 5 nitrogen and oxygen atoms in total. The van der Waals surface area contributed by atoms with Crippen molar-refractivity contribution in [1.29, 1.82) is 0 Å². The fourth-order valence-corrected chi connectivity index (χ4v) is 3.59. The van der Waals surface area contributed by atoms with Gasteiger partial charge in [0, 0.05) is 11.1 Å². The standard InChI is InChI=1S/C18H18N2O3S/c1-3-12-6-4-5-7-14(12)19-16(21)11-20-15(18(22)23-2)10-13-8-9-24-17(13)20/h4-10H,3,11H2,1-2H3,(H,19,21). The van der Waals surface area contributed by atoms with Crippen molar-refractivity contribution in [1.82, 2.24) is 4.57 Å². The Hall–Kier alpha value is -2.60. The number of fused-ring (bicyclic) bond motifs is 1. The highest BCUT2D eigenvalue weighted by molar-refractivity contribution is 7.16. The van der Waals surface area contributed by atoms with Crippen LogP contribution in [0.5, 0.6) is 0 Å². The second-order valence-corrected chi connectivity index (χ2v) is 6.24. The number of rotatable bonds is 5. The summed E-state index contributed by atoms with van der Waals surface area (Å²) in [5, 5.41) is 5.80. The van der Waals surface area contributed by atoms with Crippen LogP contribution in [0.1, 0.15) is 23.0 Å². The molecule has 0 unspecified atom stereocenters. The minimum Gasteiger partial charge on any atom is -0.464 e. The summed E-state index contributed by atoms with van der Waals surface area (Å²) < 4.78 is 6.53. The maximum atomic E-state index is 12.5. The topological polar surface area (TPSA) is 60.3 Å². The predicted octanol–water partition coefficient (Wildman–Crippen LogP) is 3.69. The van der Waals surface area contributed by atoms with E-state index in [0.29, 0.717) is 5.69 Å². The molecule has 6 heteroatoms. The number of carbonyl (C=O) groups is 2. The first-order valence-corrected chi connectivity index (χ1v) is 8.54. The summed E-state index contributed by atoms with van der Waals surface area (Å²) in [7, 11) is 1.34. The monoisotopic (exact) mass is 342 g/mol. The lowest BCUT2D eigenvalue weighted by Crippen LogP contribution is -2.22. The summed E-state index contributed by atoms with van der Waals surface area (Å²) in [4.78, 5) is 25.4. The molecule has 2 heterocycles. The number of esters is 1. The van der Waals surface area contributed by atoms with E-state index in [1.165, 1.54) is 18.4 Å². The Morgan fingerprint density at radius 2 is 2.04 bits per heavy atom. The van der Waals surface area contributed by atoms with Gasteiger partial charge in [-0.2, -0.15) is 0 Å². The second kappa shape index (κ2) is 6.88. The fraction of sp³-hybridized carbons (Fsp3) is 0.222. The average Bonchev–Trinajstić information content (AvgIpc) is 3.17. The Morgan fingerprint density at radius 1 is 1.25 bits per heavy atom. The highest BCUT2D eigenvalue weighted by atomic mass is 32.1. The molecule has 1 amide bonds. The van der Waals surface area contributed by atoms with Crippen molar-refractivity contribution in [2.24, 2.45) is 0 Å². The maximum Gasteiger partial charge on any atom is 0.354 e. The largest absolute Gasteiger partial charge is 0.464 e. The van der Waals surface area contributed by atoms with E-state index in [-0.39, 0.29) is 12.5 Å². The number of methoxy groups -OCH3 is 1. The van der Waals surface area contributed by atoms with Gasteiger partial charge in [0.25, 0.3) is 0 Å². The number of carbonyl (C=O) groups excluding carboxylic acids is 2. The molecule has 124 valence electrons. The number of hydrogen-bond donors (Lipinski definition) is 1. The first-order valence-electron chi connectivity index (χ1n) is 7.66. The van der Waals surface area contributed by atoms with Gasteiger partial charge in [-0.15, -0.1) is 11.3 Å². The number of anilines is 1. The van der Waals surface area contributed by atoms with E-state index >= 15 is 0 Å². The Morgan fingerprint density at radius 3 is 2.79 bits per heavy atom. The molecule has 1 aromatic carbocycles. The first-order chi connectivity index (χ1) is 11.6. The van der Waals surface area contributed by atoms with Crippen molar-refractivity contribution in [2.75, 3.05) is 12.4 Å². The van der Waals surface area contributed by atoms with E-state index in [9.17, 15) is 9.59 Å². The Labute approximate surface area is 143 Å².